The number of aryl methyl sites for hydroxylation is 1. The second-order valence-corrected chi connectivity index (χ2v) is 7.18. The Balaban J connectivity index is 1.45. The van der Waals surface area contributed by atoms with E-state index in [0.29, 0.717) is 12.8 Å². The Morgan fingerprint density at radius 1 is 1.37 bits per heavy atom. The first kappa shape index (κ1) is 17.9. The van der Waals surface area contributed by atoms with Crippen molar-refractivity contribution in [2.45, 2.75) is 44.7 Å². The van der Waals surface area contributed by atoms with Crippen LogP contribution in [-0.4, -0.2) is 41.0 Å². The molecule has 1 N–H and O–H groups in total. The fraction of sp³-hybridized carbons (Fsp3) is 0.476. The van der Waals surface area contributed by atoms with Gasteiger partial charge in [0.1, 0.15) is 5.75 Å². The molecule has 142 valence electrons. The van der Waals surface area contributed by atoms with Crippen LogP contribution in [0.5, 0.6) is 5.75 Å². The van der Waals surface area contributed by atoms with E-state index < -0.39 is 0 Å². The number of amides is 1. The summed E-state index contributed by atoms with van der Waals surface area (Å²) in [6, 6.07) is 7.90. The van der Waals surface area contributed by atoms with Crippen molar-refractivity contribution in [3.8, 4) is 5.75 Å². The van der Waals surface area contributed by atoms with Gasteiger partial charge in [-0.3, -0.25) is 4.79 Å². The van der Waals surface area contributed by atoms with E-state index in [1.165, 1.54) is 5.56 Å². The van der Waals surface area contributed by atoms with Crippen molar-refractivity contribution in [3.05, 3.63) is 53.1 Å². The molecule has 0 radical (unpaired) electrons. The summed E-state index contributed by atoms with van der Waals surface area (Å²) in [4.78, 5) is 24.3. The van der Waals surface area contributed by atoms with Crippen LogP contribution in [-0.2, 0) is 24.2 Å². The van der Waals surface area contributed by atoms with E-state index in [1.807, 2.05) is 35.4 Å². The van der Waals surface area contributed by atoms with Gasteiger partial charge in [-0.15, -0.1) is 0 Å². The summed E-state index contributed by atoms with van der Waals surface area (Å²) in [7, 11) is 1.67. The van der Waals surface area contributed by atoms with Gasteiger partial charge in [0.25, 0.3) is 0 Å². The molecule has 1 amide bonds. The third kappa shape index (κ3) is 3.81. The molecule has 0 unspecified atom stereocenters. The summed E-state index contributed by atoms with van der Waals surface area (Å²) in [6.07, 6.45) is 5.97. The number of methoxy groups -OCH3 is 1. The number of hydrogen-bond donors (Lipinski definition) is 1. The molecule has 2 aromatic rings. The van der Waals surface area contributed by atoms with Crippen LogP contribution in [0.15, 0.2) is 30.5 Å². The molecule has 6 heteroatoms. The first-order valence-corrected chi connectivity index (χ1v) is 9.73. The highest BCUT2D eigenvalue weighted by molar-refractivity contribution is 5.77. The van der Waals surface area contributed by atoms with E-state index >= 15 is 0 Å². The number of para-hydroxylation sites is 1. The van der Waals surface area contributed by atoms with Gasteiger partial charge in [-0.05, 0) is 30.9 Å². The highest BCUT2D eigenvalue weighted by atomic mass is 16.5. The van der Waals surface area contributed by atoms with Gasteiger partial charge in [0.2, 0.25) is 5.91 Å². The maximum atomic E-state index is 12.9. The summed E-state index contributed by atoms with van der Waals surface area (Å²) < 4.78 is 5.40. The zero-order chi connectivity index (χ0) is 18.6. The van der Waals surface area contributed by atoms with Crippen molar-refractivity contribution in [3.63, 3.8) is 0 Å². The summed E-state index contributed by atoms with van der Waals surface area (Å²) in [5, 5.41) is 3.34. The quantitative estimate of drug-likeness (QED) is 0.880. The number of likely N-dealkylation sites (tertiary alicyclic amines) is 1. The molecule has 4 rings (SSSR count). The van der Waals surface area contributed by atoms with Crippen LogP contribution >= 0.6 is 0 Å². The van der Waals surface area contributed by atoms with Gasteiger partial charge in [0, 0.05) is 49.9 Å². The van der Waals surface area contributed by atoms with Crippen molar-refractivity contribution in [1.29, 1.82) is 0 Å². The van der Waals surface area contributed by atoms with Gasteiger partial charge in [-0.1, -0.05) is 18.2 Å². The summed E-state index contributed by atoms with van der Waals surface area (Å²) in [5.74, 6) is 1.82. The van der Waals surface area contributed by atoms with Crippen LogP contribution in [0.4, 0.5) is 0 Å². The first-order chi connectivity index (χ1) is 13.3. The van der Waals surface area contributed by atoms with Crippen LogP contribution in [0.25, 0.3) is 0 Å². The van der Waals surface area contributed by atoms with Gasteiger partial charge < -0.3 is 15.0 Å². The molecule has 1 atom stereocenters. The fourth-order valence-corrected chi connectivity index (χ4v) is 4.04. The molecule has 2 aliphatic heterocycles. The number of carbonyl (C=O) groups excluding carboxylic acids is 1. The summed E-state index contributed by atoms with van der Waals surface area (Å²) >= 11 is 0. The lowest BCUT2D eigenvalue weighted by Crippen LogP contribution is -2.32. The van der Waals surface area contributed by atoms with Crippen LogP contribution in [0.3, 0.4) is 0 Å². The molecule has 1 aromatic carbocycles. The Hall–Kier alpha value is -2.47. The number of carbonyl (C=O) groups is 1. The van der Waals surface area contributed by atoms with Crippen molar-refractivity contribution >= 4 is 5.91 Å². The highest BCUT2D eigenvalue weighted by Gasteiger charge is 2.32. The van der Waals surface area contributed by atoms with Crippen LogP contribution < -0.4 is 10.1 Å². The largest absolute Gasteiger partial charge is 0.496 e. The molecular formula is C21H26N4O2. The smallest absolute Gasteiger partial charge is 0.223 e. The molecule has 1 fully saturated rings. The van der Waals surface area contributed by atoms with E-state index in [4.69, 9.17) is 9.72 Å². The van der Waals surface area contributed by atoms with Gasteiger partial charge in [-0.25, -0.2) is 9.97 Å². The number of rotatable bonds is 5. The Labute approximate surface area is 160 Å². The fourth-order valence-electron chi connectivity index (χ4n) is 4.04. The number of nitrogens with one attached hydrogen (secondary N) is 1. The maximum absolute atomic E-state index is 12.9. The van der Waals surface area contributed by atoms with Crippen LogP contribution in [0, 0.1) is 0 Å². The van der Waals surface area contributed by atoms with Gasteiger partial charge in [0.15, 0.2) is 5.82 Å². The molecule has 6 nitrogen and oxygen atoms in total. The molecule has 27 heavy (non-hydrogen) atoms. The predicted molar refractivity (Wildman–Crippen MR) is 102 cm³/mol. The predicted octanol–water partition coefficient (Wildman–Crippen LogP) is 2.43. The van der Waals surface area contributed by atoms with Crippen molar-refractivity contribution in [2.75, 3.05) is 20.2 Å². The second-order valence-electron chi connectivity index (χ2n) is 7.18. The third-order valence-corrected chi connectivity index (χ3v) is 5.50. The standard InChI is InChI=1S/C21H26N4O2/c1-27-19-7-3-2-5-15(19)8-9-20(26)25-12-4-6-18(25)21-23-14-16-13-22-11-10-17(16)24-21/h2-3,5,7,14,18,22H,4,6,8-13H2,1H3/t18-/m0/s1. The van der Waals surface area contributed by atoms with Crippen LogP contribution in [0.1, 0.15) is 47.9 Å². The van der Waals surface area contributed by atoms with Crippen molar-refractivity contribution < 1.29 is 9.53 Å². The summed E-state index contributed by atoms with van der Waals surface area (Å²) in [6.45, 7) is 2.58. The molecule has 1 aromatic heterocycles. The molecule has 0 bridgehead atoms. The Kier molecular flexibility index (Phi) is 5.34. The average molecular weight is 366 g/mol. The molecule has 1 saturated heterocycles. The van der Waals surface area contributed by atoms with E-state index in [-0.39, 0.29) is 11.9 Å². The molecule has 2 aliphatic rings. The zero-order valence-electron chi connectivity index (χ0n) is 15.8. The Bertz CT molecular complexity index is 824. The first-order valence-electron chi connectivity index (χ1n) is 9.73. The molecule has 0 aliphatic carbocycles. The van der Waals surface area contributed by atoms with Gasteiger partial charge in [0.05, 0.1) is 13.2 Å². The zero-order valence-corrected chi connectivity index (χ0v) is 15.8. The van der Waals surface area contributed by atoms with Crippen molar-refractivity contribution in [2.24, 2.45) is 0 Å². The molecule has 0 saturated carbocycles. The highest BCUT2D eigenvalue weighted by Crippen LogP contribution is 2.31. The minimum absolute atomic E-state index is 0.00959. The SMILES string of the molecule is COc1ccccc1CCC(=O)N1CCC[C@H]1c1ncc2c(n1)CCNC2. The lowest BCUT2D eigenvalue weighted by Gasteiger charge is -2.25. The lowest BCUT2D eigenvalue weighted by atomic mass is 10.1. The Morgan fingerprint density at radius 3 is 3.15 bits per heavy atom. The number of hydrogen-bond acceptors (Lipinski definition) is 5. The normalized spacial score (nSPS) is 19.0. The molecular weight excluding hydrogens is 340 g/mol. The second kappa shape index (κ2) is 8.05. The minimum Gasteiger partial charge on any atom is -0.496 e. The van der Waals surface area contributed by atoms with Gasteiger partial charge >= 0.3 is 0 Å². The monoisotopic (exact) mass is 366 g/mol. The number of benzene rings is 1. The summed E-state index contributed by atoms with van der Waals surface area (Å²) in [5.41, 5.74) is 3.38. The van der Waals surface area contributed by atoms with Crippen LogP contribution in [0.2, 0.25) is 0 Å². The molecule has 3 heterocycles. The third-order valence-electron chi connectivity index (χ3n) is 5.50. The van der Waals surface area contributed by atoms with Gasteiger partial charge in [-0.2, -0.15) is 0 Å². The maximum Gasteiger partial charge on any atom is 0.223 e. The van der Waals surface area contributed by atoms with Crippen molar-refractivity contribution in [1.82, 2.24) is 20.2 Å². The number of aromatic nitrogens is 2. The number of fused-ring (bicyclic) bond motifs is 1. The molecule has 0 spiro atoms. The average Bonchev–Trinajstić information content (AvgIpc) is 3.22. The number of nitrogens with zero attached hydrogens (tertiary/aromatic N) is 3. The lowest BCUT2D eigenvalue weighted by molar-refractivity contribution is -0.132. The van der Waals surface area contributed by atoms with E-state index in [1.54, 1.807) is 7.11 Å². The van der Waals surface area contributed by atoms with E-state index in [9.17, 15) is 4.79 Å². The minimum atomic E-state index is 0.00959. The van der Waals surface area contributed by atoms with E-state index in [0.717, 1.165) is 61.7 Å². The van der Waals surface area contributed by atoms with E-state index in [2.05, 4.69) is 10.3 Å². The topological polar surface area (TPSA) is 67.3 Å². The Morgan fingerprint density at radius 2 is 2.26 bits per heavy atom. The number of ether oxygens (including phenoxy) is 1.